The van der Waals surface area contributed by atoms with E-state index < -0.39 is 0 Å². The molecule has 2 aromatic carbocycles. The predicted molar refractivity (Wildman–Crippen MR) is 90.7 cm³/mol. The van der Waals surface area contributed by atoms with Gasteiger partial charge >= 0.3 is 0 Å². The Morgan fingerprint density at radius 1 is 1.17 bits per heavy atom. The number of hydrogen-bond acceptors (Lipinski definition) is 2. The second-order valence-corrected chi connectivity index (χ2v) is 5.93. The third-order valence-corrected chi connectivity index (χ3v) is 3.83. The topological polar surface area (TPSA) is 46.9 Å². The molecule has 0 radical (unpaired) electrons. The number of nitrogens with one attached hydrogen (secondary N) is 1. The number of rotatable bonds is 3. The zero-order chi connectivity index (χ0) is 16.4. The number of carbonyl (C=O) groups excluding carboxylic acids is 1. The third-order valence-electron chi connectivity index (χ3n) is 3.33. The minimum absolute atomic E-state index is 0.298. The summed E-state index contributed by atoms with van der Waals surface area (Å²) in [5, 5.41) is 7.02. The van der Waals surface area contributed by atoms with Gasteiger partial charge in [-0.3, -0.25) is 9.48 Å². The minimum atomic E-state index is -0.302. The summed E-state index contributed by atoms with van der Waals surface area (Å²) >= 11 is 3.36. The van der Waals surface area contributed by atoms with Gasteiger partial charge in [0.1, 0.15) is 5.82 Å². The van der Waals surface area contributed by atoms with Gasteiger partial charge in [0.15, 0.2) is 5.69 Å². The third kappa shape index (κ3) is 3.48. The molecule has 1 amide bonds. The monoisotopic (exact) mass is 373 g/mol. The number of anilines is 1. The molecule has 0 unspecified atom stereocenters. The summed E-state index contributed by atoms with van der Waals surface area (Å²) in [4.78, 5) is 12.3. The highest BCUT2D eigenvalue weighted by Gasteiger charge is 2.14. The molecule has 0 saturated heterocycles. The standard InChI is InChI=1S/C17H13BrFN3O/c1-22-16(11-5-7-13(19)8-6-11)10-15(21-22)17(23)20-14-4-2-3-12(18)9-14/h2-10H,1H3,(H,20,23). The second-order valence-electron chi connectivity index (χ2n) is 5.01. The lowest BCUT2D eigenvalue weighted by atomic mass is 10.1. The number of carbonyl (C=O) groups is 1. The molecule has 1 N–H and O–H groups in total. The molecular weight excluding hydrogens is 361 g/mol. The first-order chi connectivity index (χ1) is 11.0. The van der Waals surface area contributed by atoms with Gasteiger partial charge in [0, 0.05) is 17.2 Å². The Morgan fingerprint density at radius 3 is 2.61 bits per heavy atom. The van der Waals surface area contributed by atoms with Crippen LogP contribution in [0.2, 0.25) is 0 Å². The van der Waals surface area contributed by atoms with E-state index >= 15 is 0 Å². The van der Waals surface area contributed by atoms with Crippen molar-refractivity contribution in [3.63, 3.8) is 0 Å². The Bertz CT molecular complexity index is 859. The summed E-state index contributed by atoms with van der Waals surface area (Å²) < 4.78 is 15.5. The average Bonchev–Trinajstić information content (AvgIpc) is 2.90. The van der Waals surface area contributed by atoms with Crippen molar-refractivity contribution in [3.8, 4) is 11.3 Å². The quantitative estimate of drug-likeness (QED) is 0.746. The van der Waals surface area contributed by atoms with Gasteiger partial charge < -0.3 is 5.32 Å². The zero-order valence-corrected chi connectivity index (χ0v) is 13.8. The number of aromatic nitrogens is 2. The zero-order valence-electron chi connectivity index (χ0n) is 12.3. The number of hydrogen-bond donors (Lipinski definition) is 1. The van der Waals surface area contributed by atoms with Gasteiger partial charge in [-0.05, 0) is 54.1 Å². The van der Waals surface area contributed by atoms with Crippen LogP contribution in [-0.2, 0) is 7.05 Å². The van der Waals surface area contributed by atoms with Gasteiger partial charge in [0.05, 0.1) is 5.69 Å². The van der Waals surface area contributed by atoms with Gasteiger partial charge in [0.2, 0.25) is 0 Å². The first kappa shape index (κ1) is 15.4. The van der Waals surface area contributed by atoms with Crippen molar-refractivity contribution in [1.29, 1.82) is 0 Å². The lowest BCUT2D eigenvalue weighted by Crippen LogP contribution is -2.12. The van der Waals surface area contributed by atoms with Crippen molar-refractivity contribution in [2.24, 2.45) is 7.05 Å². The molecule has 0 aliphatic heterocycles. The molecule has 1 heterocycles. The summed E-state index contributed by atoms with van der Waals surface area (Å²) in [5.74, 6) is -0.601. The molecule has 0 aliphatic rings. The van der Waals surface area contributed by atoms with Crippen molar-refractivity contribution >= 4 is 27.5 Å². The van der Waals surface area contributed by atoms with Crippen LogP contribution in [0.15, 0.2) is 59.1 Å². The molecular formula is C17H13BrFN3O. The minimum Gasteiger partial charge on any atom is -0.321 e. The first-order valence-corrected chi connectivity index (χ1v) is 7.69. The van der Waals surface area contributed by atoms with E-state index in [1.807, 2.05) is 18.2 Å². The van der Waals surface area contributed by atoms with Crippen LogP contribution >= 0.6 is 15.9 Å². The fourth-order valence-corrected chi connectivity index (χ4v) is 2.63. The summed E-state index contributed by atoms with van der Waals surface area (Å²) in [7, 11) is 1.74. The molecule has 3 rings (SSSR count). The van der Waals surface area contributed by atoms with E-state index in [2.05, 4.69) is 26.3 Å². The van der Waals surface area contributed by atoms with Crippen LogP contribution in [0.3, 0.4) is 0 Å². The molecule has 0 fully saturated rings. The number of halogens is 2. The molecule has 0 aliphatic carbocycles. The molecule has 116 valence electrons. The highest BCUT2D eigenvalue weighted by atomic mass is 79.9. The van der Waals surface area contributed by atoms with Crippen LogP contribution < -0.4 is 5.32 Å². The predicted octanol–water partition coefficient (Wildman–Crippen LogP) is 4.24. The maximum absolute atomic E-state index is 13.0. The number of benzene rings is 2. The van der Waals surface area contributed by atoms with E-state index in [0.717, 1.165) is 15.7 Å². The fraction of sp³-hybridized carbons (Fsp3) is 0.0588. The van der Waals surface area contributed by atoms with Crippen molar-refractivity contribution in [2.45, 2.75) is 0 Å². The summed E-state index contributed by atoms with van der Waals surface area (Å²) in [6, 6.07) is 15.1. The molecule has 0 spiro atoms. The van der Waals surface area contributed by atoms with E-state index in [4.69, 9.17) is 0 Å². The van der Waals surface area contributed by atoms with Crippen molar-refractivity contribution in [2.75, 3.05) is 5.32 Å². The highest BCUT2D eigenvalue weighted by molar-refractivity contribution is 9.10. The number of nitrogens with zero attached hydrogens (tertiary/aromatic N) is 2. The summed E-state index contributed by atoms with van der Waals surface area (Å²) in [6.07, 6.45) is 0. The smallest absolute Gasteiger partial charge is 0.276 e. The summed E-state index contributed by atoms with van der Waals surface area (Å²) in [5.41, 5.74) is 2.51. The van der Waals surface area contributed by atoms with Gasteiger partial charge in [-0.25, -0.2) is 4.39 Å². The highest BCUT2D eigenvalue weighted by Crippen LogP contribution is 2.21. The Kier molecular flexibility index (Phi) is 4.25. The molecule has 3 aromatic rings. The van der Waals surface area contributed by atoms with E-state index in [0.29, 0.717) is 11.4 Å². The lowest BCUT2D eigenvalue weighted by Gasteiger charge is -2.02. The number of amides is 1. The SMILES string of the molecule is Cn1nc(C(=O)Nc2cccc(Br)c2)cc1-c1ccc(F)cc1. The fourth-order valence-electron chi connectivity index (χ4n) is 2.23. The maximum atomic E-state index is 13.0. The summed E-state index contributed by atoms with van der Waals surface area (Å²) in [6.45, 7) is 0. The van der Waals surface area contributed by atoms with Crippen LogP contribution in [-0.4, -0.2) is 15.7 Å². The normalized spacial score (nSPS) is 10.6. The molecule has 1 aromatic heterocycles. The Labute approximate surface area is 141 Å². The van der Waals surface area contributed by atoms with E-state index in [1.54, 1.807) is 36.0 Å². The maximum Gasteiger partial charge on any atom is 0.276 e. The molecule has 0 atom stereocenters. The van der Waals surface area contributed by atoms with Gasteiger partial charge in [-0.2, -0.15) is 5.10 Å². The first-order valence-electron chi connectivity index (χ1n) is 6.90. The van der Waals surface area contributed by atoms with Crippen LogP contribution in [0, 0.1) is 5.82 Å². The largest absolute Gasteiger partial charge is 0.321 e. The van der Waals surface area contributed by atoms with E-state index in [9.17, 15) is 9.18 Å². The Balaban J connectivity index is 1.85. The van der Waals surface area contributed by atoms with Crippen LogP contribution in [0.5, 0.6) is 0 Å². The van der Waals surface area contributed by atoms with E-state index in [1.165, 1.54) is 12.1 Å². The Hall–Kier alpha value is -2.47. The van der Waals surface area contributed by atoms with Gasteiger partial charge in [-0.1, -0.05) is 22.0 Å². The lowest BCUT2D eigenvalue weighted by molar-refractivity contribution is 0.102. The number of aryl methyl sites for hydroxylation is 1. The average molecular weight is 374 g/mol. The molecule has 4 nitrogen and oxygen atoms in total. The van der Waals surface area contributed by atoms with Crippen LogP contribution in [0.1, 0.15) is 10.5 Å². The Morgan fingerprint density at radius 2 is 1.91 bits per heavy atom. The molecule has 0 bridgehead atoms. The molecule has 23 heavy (non-hydrogen) atoms. The van der Waals surface area contributed by atoms with Crippen LogP contribution in [0.25, 0.3) is 11.3 Å². The molecule has 0 saturated carbocycles. The van der Waals surface area contributed by atoms with Gasteiger partial charge in [-0.15, -0.1) is 0 Å². The van der Waals surface area contributed by atoms with Crippen molar-refractivity contribution in [3.05, 3.63) is 70.6 Å². The molecule has 6 heteroatoms. The second kappa shape index (κ2) is 6.34. The van der Waals surface area contributed by atoms with Crippen LogP contribution in [0.4, 0.5) is 10.1 Å². The van der Waals surface area contributed by atoms with E-state index in [-0.39, 0.29) is 11.7 Å². The van der Waals surface area contributed by atoms with Crippen molar-refractivity contribution in [1.82, 2.24) is 9.78 Å². The van der Waals surface area contributed by atoms with Crippen molar-refractivity contribution < 1.29 is 9.18 Å². The van der Waals surface area contributed by atoms with Gasteiger partial charge in [0.25, 0.3) is 5.91 Å².